The van der Waals surface area contributed by atoms with Crippen molar-refractivity contribution in [3.63, 3.8) is 0 Å². The fourth-order valence-electron chi connectivity index (χ4n) is 2.84. The maximum absolute atomic E-state index is 11.8. The molecule has 0 bridgehead atoms. The highest BCUT2D eigenvalue weighted by Gasteiger charge is 2.35. The number of nitrogens with zero attached hydrogens (tertiary/aromatic N) is 1. The largest absolute Gasteiger partial charge is 0.271 e. The van der Waals surface area contributed by atoms with Gasteiger partial charge in [-0.05, 0) is 37.8 Å². The molecular weight excluding hydrogens is 262 g/mol. The Morgan fingerprint density at radius 3 is 2.89 bits per heavy atom. The summed E-state index contributed by atoms with van der Waals surface area (Å²) >= 11 is 0. The zero-order valence-corrected chi connectivity index (χ0v) is 12.2. The van der Waals surface area contributed by atoms with E-state index in [2.05, 4.69) is 16.5 Å². The molecule has 0 spiro atoms. The van der Waals surface area contributed by atoms with E-state index >= 15 is 0 Å². The molecule has 1 aliphatic rings. The average Bonchev–Trinajstić information content (AvgIpc) is 2.38. The number of sulfone groups is 1. The minimum absolute atomic E-state index is 0.0553. The smallest absolute Gasteiger partial charge is 0.151 e. The van der Waals surface area contributed by atoms with Gasteiger partial charge >= 0.3 is 0 Å². The predicted molar refractivity (Wildman–Crippen MR) is 75.3 cm³/mol. The van der Waals surface area contributed by atoms with Gasteiger partial charge in [-0.25, -0.2) is 8.42 Å². The Kier molecular flexibility index (Phi) is 4.23. The Hall–Kier alpha value is -0.980. The number of fused-ring (bicyclic) bond motifs is 1. The SMILES string of the molecule is CC(C(NN)C1CCCc2cccnc21)S(C)(=O)=O. The molecule has 0 saturated heterocycles. The fraction of sp³-hybridized carbons (Fsp3) is 0.615. The molecule has 2 rings (SSSR count). The monoisotopic (exact) mass is 283 g/mol. The lowest BCUT2D eigenvalue weighted by Crippen LogP contribution is -2.50. The molecular formula is C13H21N3O2S. The van der Waals surface area contributed by atoms with Crippen molar-refractivity contribution >= 4 is 9.84 Å². The Labute approximate surface area is 114 Å². The number of aryl methyl sites for hydroxylation is 1. The van der Waals surface area contributed by atoms with Crippen molar-refractivity contribution < 1.29 is 8.42 Å². The van der Waals surface area contributed by atoms with E-state index in [1.807, 2.05) is 6.07 Å². The molecule has 3 N–H and O–H groups in total. The van der Waals surface area contributed by atoms with Crippen LogP contribution in [0.1, 0.15) is 36.9 Å². The van der Waals surface area contributed by atoms with Gasteiger partial charge in [0.1, 0.15) is 0 Å². The number of hydrazine groups is 1. The minimum Gasteiger partial charge on any atom is -0.271 e. The standard InChI is InChI=1S/C13H21N3O2S/c1-9(19(2,17)18)12(16-14)11-7-3-5-10-6-4-8-15-13(10)11/h4,6,8-9,11-12,16H,3,5,7,14H2,1-2H3. The quantitative estimate of drug-likeness (QED) is 0.629. The molecule has 3 unspecified atom stereocenters. The van der Waals surface area contributed by atoms with E-state index < -0.39 is 15.1 Å². The first kappa shape index (κ1) is 14.4. The summed E-state index contributed by atoms with van der Waals surface area (Å²) in [5.74, 6) is 5.67. The summed E-state index contributed by atoms with van der Waals surface area (Å²) in [5.41, 5.74) is 4.90. The van der Waals surface area contributed by atoms with Gasteiger partial charge in [-0.2, -0.15) is 0 Å². The number of hydrogen-bond donors (Lipinski definition) is 2. The maximum atomic E-state index is 11.8. The van der Waals surface area contributed by atoms with Crippen LogP contribution in [-0.4, -0.2) is 30.9 Å². The second kappa shape index (κ2) is 5.56. The molecule has 0 saturated carbocycles. The highest BCUT2D eigenvalue weighted by Crippen LogP contribution is 2.34. The Bertz CT molecular complexity index is 545. The summed E-state index contributed by atoms with van der Waals surface area (Å²) in [6.45, 7) is 1.71. The highest BCUT2D eigenvalue weighted by atomic mass is 32.2. The molecule has 3 atom stereocenters. The third-order valence-electron chi connectivity index (χ3n) is 4.05. The van der Waals surface area contributed by atoms with Crippen LogP contribution in [0.3, 0.4) is 0 Å². The summed E-state index contributed by atoms with van der Waals surface area (Å²) in [6.07, 6.45) is 5.97. The molecule has 1 aromatic heterocycles. The van der Waals surface area contributed by atoms with E-state index in [1.54, 1.807) is 13.1 Å². The summed E-state index contributed by atoms with van der Waals surface area (Å²) in [6, 6.07) is 3.68. The molecule has 106 valence electrons. The van der Waals surface area contributed by atoms with Crippen LogP contribution in [-0.2, 0) is 16.3 Å². The second-order valence-corrected chi connectivity index (χ2v) is 7.68. The van der Waals surface area contributed by atoms with Gasteiger partial charge in [0, 0.05) is 30.1 Å². The molecule has 1 heterocycles. The summed E-state index contributed by atoms with van der Waals surface area (Å²) in [7, 11) is -3.14. The number of rotatable bonds is 4. The molecule has 0 aliphatic heterocycles. The molecule has 1 aromatic rings. The van der Waals surface area contributed by atoms with Gasteiger partial charge in [0.15, 0.2) is 9.84 Å². The van der Waals surface area contributed by atoms with Crippen molar-refractivity contribution in [2.45, 2.75) is 43.4 Å². The fourth-order valence-corrected chi connectivity index (χ4v) is 3.64. The van der Waals surface area contributed by atoms with Gasteiger partial charge in [0.25, 0.3) is 0 Å². The van der Waals surface area contributed by atoms with E-state index in [0.717, 1.165) is 25.0 Å². The molecule has 6 heteroatoms. The van der Waals surface area contributed by atoms with Crippen LogP contribution >= 0.6 is 0 Å². The van der Waals surface area contributed by atoms with E-state index in [1.165, 1.54) is 11.8 Å². The van der Waals surface area contributed by atoms with Crippen LogP contribution in [0.25, 0.3) is 0 Å². The maximum Gasteiger partial charge on any atom is 0.151 e. The lowest BCUT2D eigenvalue weighted by Gasteiger charge is -2.33. The van der Waals surface area contributed by atoms with Crippen molar-refractivity contribution in [1.29, 1.82) is 0 Å². The minimum atomic E-state index is -3.14. The Morgan fingerprint density at radius 2 is 2.26 bits per heavy atom. The van der Waals surface area contributed by atoms with Crippen LogP contribution in [0, 0.1) is 0 Å². The van der Waals surface area contributed by atoms with Gasteiger partial charge in [0.05, 0.1) is 5.25 Å². The summed E-state index contributed by atoms with van der Waals surface area (Å²) in [4.78, 5) is 4.44. The number of nitrogens with two attached hydrogens (primary N) is 1. The van der Waals surface area contributed by atoms with Crippen LogP contribution in [0.2, 0.25) is 0 Å². The third kappa shape index (κ3) is 2.96. The van der Waals surface area contributed by atoms with Gasteiger partial charge in [0.2, 0.25) is 0 Å². The first-order valence-electron chi connectivity index (χ1n) is 6.54. The number of aromatic nitrogens is 1. The molecule has 19 heavy (non-hydrogen) atoms. The van der Waals surface area contributed by atoms with Gasteiger partial charge < -0.3 is 0 Å². The van der Waals surface area contributed by atoms with Gasteiger partial charge in [-0.15, -0.1) is 0 Å². The molecule has 0 radical (unpaired) electrons. The number of hydrogen-bond acceptors (Lipinski definition) is 5. The summed E-state index contributed by atoms with van der Waals surface area (Å²) < 4.78 is 23.5. The lowest BCUT2D eigenvalue weighted by molar-refractivity contribution is 0.379. The first-order valence-corrected chi connectivity index (χ1v) is 8.49. The van der Waals surface area contributed by atoms with E-state index in [0.29, 0.717) is 0 Å². The third-order valence-corrected chi connectivity index (χ3v) is 5.69. The highest BCUT2D eigenvalue weighted by molar-refractivity contribution is 7.91. The van der Waals surface area contributed by atoms with E-state index in [4.69, 9.17) is 5.84 Å². The molecule has 0 fully saturated rings. The molecule has 0 amide bonds. The average molecular weight is 283 g/mol. The molecule has 1 aliphatic carbocycles. The van der Waals surface area contributed by atoms with Crippen molar-refractivity contribution in [2.24, 2.45) is 5.84 Å². The predicted octanol–water partition coefficient (Wildman–Crippen LogP) is 0.766. The topological polar surface area (TPSA) is 85.1 Å². The number of pyridine rings is 1. The molecule has 5 nitrogen and oxygen atoms in total. The Balaban J connectivity index is 2.36. The van der Waals surface area contributed by atoms with Crippen LogP contribution in [0.4, 0.5) is 0 Å². The van der Waals surface area contributed by atoms with Gasteiger partial charge in [-0.3, -0.25) is 16.3 Å². The first-order chi connectivity index (χ1) is 8.95. The lowest BCUT2D eigenvalue weighted by atomic mass is 9.81. The second-order valence-electron chi connectivity index (χ2n) is 5.27. The van der Waals surface area contributed by atoms with Crippen molar-refractivity contribution in [3.8, 4) is 0 Å². The zero-order chi connectivity index (χ0) is 14.0. The summed E-state index contributed by atoms with van der Waals surface area (Å²) in [5, 5.41) is -0.532. The van der Waals surface area contributed by atoms with Crippen molar-refractivity contribution in [2.75, 3.05) is 6.26 Å². The van der Waals surface area contributed by atoms with Crippen molar-refractivity contribution in [1.82, 2.24) is 10.4 Å². The zero-order valence-electron chi connectivity index (χ0n) is 11.3. The molecule has 0 aromatic carbocycles. The Morgan fingerprint density at radius 1 is 1.53 bits per heavy atom. The van der Waals surface area contributed by atoms with Crippen LogP contribution < -0.4 is 11.3 Å². The van der Waals surface area contributed by atoms with E-state index in [9.17, 15) is 8.42 Å². The van der Waals surface area contributed by atoms with Crippen LogP contribution in [0.5, 0.6) is 0 Å². The normalized spacial score (nSPS) is 22.6. The van der Waals surface area contributed by atoms with E-state index in [-0.39, 0.29) is 12.0 Å². The van der Waals surface area contributed by atoms with Crippen LogP contribution in [0.15, 0.2) is 18.3 Å². The number of nitrogens with one attached hydrogen (secondary N) is 1. The van der Waals surface area contributed by atoms with Crippen molar-refractivity contribution in [3.05, 3.63) is 29.6 Å². The van der Waals surface area contributed by atoms with Gasteiger partial charge in [-0.1, -0.05) is 6.07 Å².